The average molecular weight is 205 g/mol. The molecule has 1 heteroatoms. The number of hydrogen-bond donors (Lipinski definition) is 0. The third-order valence-electron chi connectivity index (χ3n) is 1.43. The molecule has 0 saturated carbocycles. The van der Waals surface area contributed by atoms with Crippen LogP contribution in [0, 0.1) is 5.41 Å². The first-order valence-corrected chi connectivity index (χ1v) is 4.95. The molecule has 0 fully saturated rings. The van der Waals surface area contributed by atoms with Gasteiger partial charge in [0, 0.05) is 5.33 Å². The van der Waals surface area contributed by atoms with Crippen molar-refractivity contribution in [2.75, 3.05) is 5.33 Å². The van der Waals surface area contributed by atoms with Crippen LogP contribution in [0.25, 0.3) is 0 Å². The summed E-state index contributed by atoms with van der Waals surface area (Å²) < 4.78 is 0. The van der Waals surface area contributed by atoms with Gasteiger partial charge in [-0.05, 0) is 18.3 Å². The molecular weight excluding hydrogens is 188 g/mol. The molecule has 0 unspecified atom stereocenters. The van der Waals surface area contributed by atoms with Gasteiger partial charge < -0.3 is 0 Å². The van der Waals surface area contributed by atoms with Gasteiger partial charge in [-0.25, -0.2) is 0 Å². The third kappa shape index (κ3) is 5.04. The van der Waals surface area contributed by atoms with Crippen LogP contribution < -0.4 is 0 Å². The normalized spacial score (nSPS) is 12.8. The van der Waals surface area contributed by atoms with Gasteiger partial charge in [0.05, 0.1) is 0 Å². The molecule has 0 nitrogen and oxygen atoms in total. The summed E-state index contributed by atoms with van der Waals surface area (Å²) in [6, 6.07) is 0. The molecule has 0 saturated heterocycles. The van der Waals surface area contributed by atoms with E-state index in [9.17, 15) is 0 Å². The quantitative estimate of drug-likeness (QED) is 0.484. The summed E-state index contributed by atoms with van der Waals surface area (Å²) in [5, 5.41) is 1.08. The van der Waals surface area contributed by atoms with Gasteiger partial charge in [0.2, 0.25) is 0 Å². The molecule has 0 bridgehead atoms. The number of hydrogen-bond acceptors (Lipinski definition) is 0. The van der Waals surface area contributed by atoms with E-state index in [0.717, 1.165) is 11.8 Å². The van der Waals surface area contributed by atoms with Crippen LogP contribution >= 0.6 is 15.9 Å². The van der Waals surface area contributed by atoms with E-state index in [1.807, 2.05) is 0 Å². The van der Waals surface area contributed by atoms with E-state index in [2.05, 4.69) is 48.9 Å². The molecule has 0 atom stereocenters. The van der Waals surface area contributed by atoms with Crippen LogP contribution in [0.15, 0.2) is 12.2 Å². The smallest absolute Gasteiger partial charge is 0.00856 e. The Hall–Kier alpha value is 0.220. The molecule has 0 rings (SSSR count). The molecule has 0 N–H and O–H groups in total. The minimum atomic E-state index is 0.422. The highest BCUT2D eigenvalue weighted by Gasteiger charge is 2.12. The average Bonchev–Trinajstić information content (AvgIpc) is 1.89. The summed E-state index contributed by atoms with van der Waals surface area (Å²) in [5.41, 5.74) is 0.422. The van der Waals surface area contributed by atoms with Gasteiger partial charge in [-0.3, -0.25) is 0 Å². The van der Waals surface area contributed by atoms with E-state index in [-0.39, 0.29) is 0 Å². The van der Waals surface area contributed by atoms with E-state index >= 15 is 0 Å². The van der Waals surface area contributed by atoms with Gasteiger partial charge in [0.25, 0.3) is 0 Å². The molecule has 10 heavy (non-hydrogen) atoms. The van der Waals surface area contributed by atoms with Crippen molar-refractivity contribution in [1.82, 2.24) is 0 Å². The Morgan fingerprint density at radius 2 is 1.90 bits per heavy atom. The molecule has 0 aromatic rings. The predicted molar refractivity (Wildman–Crippen MR) is 51.6 cm³/mol. The van der Waals surface area contributed by atoms with Crippen LogP contribution in [0.2, 0.25) is 0 Å². The van der Waals surface area contributed by atoms with E-state index in [1.54, 1.807) is 0 Å². The summed E-state index contributed by atoms with van der Waals surface area (Å²) in [6.07, 6.45) is 6.82. The molecule has 0 spiro atoms. The van der Waals surface area contributed by atoms with Gasteiger partial charge in [-0.2, -0.15) is 0 Å². The lowest BCUT2D eigenvalue weighted by molar-refractivity contribution is 0.434. The van der Waals surface area contributed by atoms with Gasteiger partial charge in [0.1, 0.15) is 0 Å². The maximum absolute atomic E-state index is 3.49. The van der Waals surface area contributed by atoms with Crippen LogP contribution in [0.3, 0.4) is 0 Å². The molecule has 0 heterocycles. The Bertz CT molecular complexity index is 103. The maximum Gasteiger partial charge on any atom is 0.00856 e. The molecule has 0 aliphatic heterocycles. The molecule has 0 aromatic heterocycles. The van der Waals surface area contributed by atoms with Crippen molar-refractivity contribution in [2.24, 2.45) is 5.41 Å². The van der Waals surface area contributed by atoms with Crippen LogP contribution in [0.5, 0.6) is 0 Å². The maximum atomic E-state index is 3.49. The summed E-state index contributed by atoms with van der Waals surface area (Å²) in [7, 11) is 0. The first-order valence-electron chi connectivity index (χ1n) is 3.83. The molecule has 0 aliphatic carbocycles. The first-order chi connectivity index (χ1) is 4.62. The Labute approximate surface area is 72.8 Å². The highest BCUT2D eigenvalue weighted by molar-refractivity contribution is 9.09. The van der Waals surface area contributed by atoms with Gasteiger partial charge in [-0.1, -0.05) is 48.9 Å². The van der Waals surface area contributed by atoms with Crippen molar-refractivity contribution < 1.29 is 0 Å². The Morgan fingerprint density at radius 3 is 2.30 bits per heavy atom. The number of rotatable bonds is 4. The predicted octanol–water partition coefficient (Wildman–Crippen LogP) is 3.76. The SMILES string of the molecule is CC/C=C/CC(C)(C)CBr. The highest BCUT2D eigenvalue weighted by atomic mass is 79.9. The second-order valence-corrected chi connectivity index (χ2v) is 3.94. The van der Waals surface area contributed by atoms with E-state index in [1.165, 1.54) is 6.42 Å². The molecule has 0 radical (unpaired) electrons. The zero-order valence-electron chi connectivity index (χ0n) is 7.15. The van der Waals surface area contributed by atoms with Crippen LogP contribution in [0.1, 0.15) is 33.6 Å². The van der Waals surface area contributed by atoms with E-state index < -0.39 is 0 Å². The van der Waals surface area contributed by atoms with E-state index in [4.69, 9.17) is 0 Å². The Morgan fingerprint density at radius 1 is 1.30 bits per heavy atom. The second kappa shape index (κ2) is 4.95. The summed E-state index contributed by atoms with van der Waals surface area (Å²) >= 11 is 3.49. The Balaban J connectivity index is 3.56. The van der Waals surface area contributed by atoms with Gasteiger partial charge >= 0.3 is 0 Å². The second-order valence-electron chi connectivity index (χ2n) is 3.38. The van der Waals surface area contributed by atoms with Gasteiger partial charge in [-0.15, -0.1) is 0 Å². The molecule has 0 aliphatic rings. The lowest BCUT2D eigenvalue weighted by atomic mass is 9.92. The molecule has 0 aromatic carbocycles. The monoisotopic (exact) mass is 204 g/mol. The minimum Gasteiger partial charge on any atom is -0.0922 e. The number of allylic oxidation sites excluding steroid dienone is 2. The number of halogens is 1. The highest BCUT2D eigenvalue weighted by Crippen LogP contribution is 2.23. The molecule has 0 amide bonds. The van der Waals surface area contributed by atoms with Crippen LogP contribution in [-0.4, -0.2) is 5.33 Å². The largest absolute Gasteiger partial charge is 0.0922 e. The fourth-order valence-electron chi connectivity index (χ4n) is 0.624. The minimum absolute atomic E-state index is 0.422. The molecule has 60 valence electrons. The third-order valence-corrected chi connectivity index (χ3v) is 2.95. The Kier molecular flexibility index (Phi) is 5.06. The van der Waals surface area contributed by atoms with Crippen LogP contribution in [0.4, 0.5) is 0 Å². The van der Waals surface area contributed by atoms with Crippen molar-refractivity contribution in [3.05, 3.63) is 12.2 Å². The fraction of sp³-hybridized carbons (Fsp3) is 0.778. The van der Waals surface area contributed by atoms with Crippen molar-refractivity contribution in [3.63, 3.8) is 0 Å². The van der Waals surface area contributed by atoms with Gasteiger partial charge in [0.15, 0.2) is 0 Å². The van der Waals surface area contributed by atoms with Crippen LogP contribution in [-0.2, 0) is 0 Å². The van der Waals surface area contributed by atoms with Crippen molar-refractivity contribution in [2.45, 2.75) is 33.6 Å². The summed E-state index contributed by atoms with van der Waals surface area (Å²) in [4.78, 5) is 0. The van der Waals surface area contributed by atoms with E-state index in [0.29, 0.717) is 5.41 Å². The topological polar surface area (TPSA) is 0 Å². The number of alkyl halides is 1. The summed E-state index contributed by atoms with van der Waals surface area (Å²) in [6.45, 7) is 6.70. The zero-order chi connectivity index (χ0) is 8.04. The van der Waals surface area contributed by atoms with Crippen molar-refractivity contribution in [3.8, 4) is 0 Å². The zero-order valence-corrected chi connectivity index (χ0v) is 8.74. The lowest BCUT2D eigenvalue weighted by Gasteiger charge is -2.18. The fourth-order valence-corrected chi connectivity index (χ4v) is 0.853. The van der Waals surface area contributed by atoms with Crippen molar-refractivity contribution in [1.29, 1.82) is 0 Å². The summed E-state index contributed by atoms with van der Waals surface area (Å²) in [5.74, 6) is 0. The van der Waals surface area contributed by atoms with Crippen molar-refractivity contribution >= 4 is 15.9 Å². The first kappa shape index (κ1) is 10.2. The standard InChI is InChI=1S/C9H17Br/c1-4-5-6-7-9(2,3)8-10/h5-6H,4,7-8H2,1-3H3/b6-5+. The lowest BCUT2D eigenvalue weighted by Crippen LogP contribution is -2.10. The molecular formula is C9H17Br.